The monoisotopic (exact) mass is 458 g/mol. The largest absolute Gasteiger partial charge is 0.492 e. The number of nitrogens with one attached hydrogen (secondary N) is 1. The first-order chi connectivity index (χ1) is 16.2. The second-order valence-electron chi connectivity index (χ2n) is 8.19. The number of hydrogen-bond acceptors (Lipinski definition) is 8. The number of thiazole rings is 1. The van der Waals surface area contributed by atoms with Gasteiger partial charge in [0, 0.05) is 37.0 Å². The number of benzene rings is 2. The Bertz CT molecular complexity index is 1440. The predicted molar refractivity (Wildman–Crippen MR) is 129 cm³/mol. The fourth-order valence-corrected chi connectivity index (χ4v) is 4.81. The molecule has 1 fully saturated rings. The highest BCUT2D eigenvalue weighted by Gasteiger charge is 2.19. The van der Waals surface area contributed by atoms with Crippen molar-refractivity contribution in [2.45, 2.75) is 6.42 Å². The molecule has 166 valence electrons. The number of hydrogen-bond donors (Lipinski definition) is 1. The summed E-state index contributed by atoms with van der Waals surface area (Å²) in [7, 11) is 1.91. The van der Waals surface area contributed by atoms with Crippen molar-refractivity contribution in [1.82, 2.24) is 24.7 Å². The Hall–Kier alpha value is -3.56. The van der Waals surface area contributed by atoms with Gasteiger partial charge in [-0.15, -0.1) is 11.3 Å². The Morgan fingerprint density at radius 1 is 1.15 bits per heavy atom. The molecule has 0 bridgehead atoms. The molecule has 4 heterocycles. The van der Waals surface area contributed by atoms with Gasteiger partial charge in [-0.3, -0.25) is 4.68 Å². The van der Waals surface area contributed by atoms with E-state index in [1.165, 1.54) is 0 Å². The summed E-state index contributed by atoms with van der Waals surface area (Å²) in [4.78, 5) is 13.5. The highest BCUT2D eigenvalue weighted by molar-refractivity contribution is 7.16. The first-order valence-electron chi connectivity index (χ1n) is 10.8. The summed E-state index contributed by atoms with van der Waals surface area (Å²) in [6.45, 7) is 2.12. The summed E-state index contributed by atoms with van der Waals surface area (Å²) in [5.74, 6) is 1.84. The highest BCUT2D eigenvalue weighted by atomic mass is 32.1. The smallest absolute Gasteiger partial charge is 0.145 e. The Morgan fingerprint density at radius 3 is 2.97 bits per heavy atom. The van der Waals surface area contributed by atoms with Crippen LogP contribution in [0.3, 0.4) is 0 Å². The molecule has 5 aromatic rings. The number of nitrogens with zero attached hydrogens (tertiary/aromatic N) is 5. The number of aromatic nitrogens is 5. The van der Waals surface area contributed by atoms with Crippen LogP contribution in [0.1, 0.15) is 6.42 Å². The van der Waals surface area contributed by atoms with Crippen molar-refractivity contribution in [2.75, 3.05) is 25.1 Å². The van der Waals surface area contributed by atoms with Crippen molar-refractivity contribution in [1.29, 1.82) is 0 Å². The van der Waals surface area contributed by atoms with Crippen LogP contribution in [0.4, 0.5) is 11.5 Å². The standard InChI is InChI=1S/C24H22N6O2S/c1-30-10-17(9-28-30)16-6-20-23(21(7-16)32-12-15-4-5-31-11-15)24(26-13-25-20)29-18-2-3-19-22(8-18)33-14-27-19/h2-3,6-10,13-15H,4-5,11-12H2,1H3,(H,25,26,29)/t15-/m1/s1. The van der Waals surface area contributed by atoms with Gasteiger partial charge in [0.2, 0.25) is 0 Å². The third kappa shape index (κ3) is 4.01. The van der Waals surface area contributed by atoms with Crippen LogP contribution in [0, 0.1) is 5.92 Å². The van der Waals surface area contributed by atoms with Gasteiger partial charge in [-0.05, 0) is 42.3 Å². The number of ether oxygens (including phenoxy) is 2. The van der Waals surface area contributed by atoms with Crippen molar-refractivity contribution >= 4 is 44.0 Å². The molecule has 1 aliphatic heterocycles. The van der Waals surface area contributed by atoms with E-state index in [1.807, 2.05) is 37.1 Å². The van der Waals surface area contributed by atoms with Crippen molar-refractivity contribution in [3.05, 3.63) is 54.6 Å². The molecule has 6 rings (SSSR count). The van der Waals surface area contributed by atoms with E-state index in [9.17, 15) is 0 Å². The molecule has 1 aliphatic rings. The van der Waals surface area contributed by atoms with Crippen LogP contribution < -0.4 is 10.1 Å². The van der Waals surface area contributed by atoms with Gasteiger partial charge in [0.05, 0.1) is 46.0 Å². The van der Waals surface area contributed by atoms with Gasteiger partial charge in [-0.1, -0.05) is 0 Å². The zero-order chi connectivity index (χ0) is 22.2. The third-order valence-corrected chi connectivity index (χ3v) is 6.62. The zero-order valence-corrected chi connectivity index (χ0v) is 18.9. The normalized spacial score (nSPS) is 16.0. The summed E-state index contributed by atoms with van der Waals surface area (Å²) >= 11 is 1.61. The number of rotatable bonds is 6. The maximum absolute atomic E-state index is 6.37. The number of fused-ring (bicyclic) bond motifs is 2. The first-order valence-corrected chi connectivity index (χ1v) is 11.7. The lowest BCUT2D eigenvalue weighted by molar-refractivity contribution is 0.167. The lowest BCUT2D eigenvalue weighted by Crippen LogP contribution is -2.12. The van der Waals surface area contributed by atoms with E-state index in [4.69, 9.17) is 9.47 Å². The van der Waals surface area contributed by atoms with Gasteiger partial charge in [0.15, 0.2) is 0 Å². The molecule has 0 spiro atoms. The van der Waals surface area contributed by atoms with E-state index in [-0.39, 0.29) is 0 Å². The fourth-order valence-electron chi connectivity index (χ4n) is 4.09. The van der Waals surface area contributed by atoms with E-state index < -0.39 is 0 Å². The van der Waals surface area contributed by atoms with Gasteiger partial charge in [0.1, 0.15) is 17.9 Å². The molecule has 8 nitrogen and oxygen atoms in total. The molecule has 0 aliphatic carbocycles. The molecule has 1 saturated heterocycles. The van der Waals surface area contributed by atoms with Gasteiger partial charge < -0.3 is 14.8 Å². The number of aryl methyl sites for hydroxylation is 1. The highest BCUT2D eigenvalue weighted by Crippen LogP contribution is 2.37. The van der Waals surface area contributed by atoms with Gasteiger partial charge in [-0.25, -0.2) is 15.0 Å². The SMILES string of the molecule is Cn1cc(-c2cc(OC[C@@H]3CCOC3)c3c(Nc4ccc5ncsc5c4)ncnc3c2)cn1. The molecular formula is C24H22N6O2S. The van der Waals surface area contributed by atoms with Crippen molar-refractivity contribution in [2.24, 2.45) is 13.0 Å². The lowest BCUT2D eigenvalue weighted by Gasteiger charge is -2.16. The van der Waals surface area contributed by atoms with Crippen LogP contribution >= 0.6 is 11.3 Å². The molecule has 1 N–H and O–H groups in total. The predicted octanol–water partition coefficient (Wildman–Crippen LogP) is 4.80. The quantitative estimate of drug-likeness (QED) is 0.391. The third-order valence-electron chi connectivity index (χ3n) is 5.83. The van der Waals surface area contributed by atoms with Crippen LogP contribution in [0.25, 0.3) is 32.2 Å². The van der Waals surface area contributed by atoms with E-state index in [0.29, 0.717) is 18.3 Å². The lowest BCUT2D eigenvalue weighted by atomic mass is 10.1. The van der Waals surface area contributed by atoms with Gasteiger partial charge in [-0.2, -0.15) is 5.10 Å². The van der Waals surface area contributed by atoms with Crippen LogP contribution in [-0.2, 0) is 11.8 Å². The van der Waals surface area contributed by atoms with Crippen molar-refractivity contribution in [3.63, 3.8) is 0 Å². The summed E-state index contributed by atoms with van der Waals surface area (Å²) < 4.78 is 14.8. The van der Waals surface area contributed by atoms with Crippen LogP contribution in [-0.4, -0.2) is 44.6 Å². The van der Waals surface area contributed by atoms with Gasteiger partial charge >= 0.3 is 0 Å². The molecule has 3 aromatic heterocycles. The second kappa shape index (κ2) is 8.42. The molecule has 0 amide bonds. The first kappa shape index (κ1) is 20.1. The second-order valence-corrected chi connectivity index (χ2v) is 9.08. The molecule has 0 unspecified atom stereocenters. The minimum Gasteiger partial charge on any atom is -0.492 e. The van der Waals surface area contributed by atoms with Crippen LogP contribution in [0.5, 0.6) is 5.75 Å². The van der Waals surface area contributed by atoms with E-state index in [0.717, 1.165) is 63.3 Å². The topological polar surface area (TPSA) is 87.0 Å². The molecule has 33 heavy (non-hydrogen) atoms. The van der Waals surface area contributed by atoms with Gasteiger partial charge in [0.25, 0.3) is 0 Å². The van der Waals surface area contributed by atoms with Crippen LogP contribution in [0.2, 0.25) is 0 Å². The molecule has 0 saturated carbocycles. The summed E-state index contributed by atoms with van der Waals surface area (Å²) in [6, 6.07) is 10.2. The minimum atomic E-state index is 0.386. The van der Waals surface area contributed by atoms with E-state index in [2.05, 4.69) is 43.6 Å². The van der Waals surface area contributed by atoms with Crippen molar-refractivity contribution in [3.8, 4) is 16.9 Å². The average Bonchev–Trinajstić information content (AvgIpc) is 3.59. The Morgan fingerprint density at radius 2 is 2.12 bits per heavy atom. The zero-order valence-electron chi connectivity index (χ0n) is 18.1. The Kier molecular flexibility index (Phi) is 5.12. The molecule has 1 atom stereocenters. The Balaban J connectivity index is 1.43. The van der Waals surface area contributed by atoms with Crippen molar-refractivity contribution < 1.29 is 9.47 Å². The fraction of sp³-hybridized carbons (Fsp3) is 0.250. The minimum absolute atomic E-state index is 0.386. The number of anilines is 2. The van der Waals surface area contributed by atoms with E-state index in [1.54, 1.807) is 22.3 Å². The summed E-state index contributed by atoms with van der Waals surface area (Å²) in [5, 5.41) is 8.64. The maximum atomic E-state index is 6.37. The molecule has 9 heteroatoms. The molecule has 0 radical (unpaired) electrons. The average molecular weight is 459 g/mol. The Labute approximate surface area is 194 Å². The van der Waals surface area contributed by atoms with Crippen LogP contribution in [0.15, 0.2) is 54.6 Å². The molecule has 2 aromatic carbocycles. The molecular weight excluding hydrogens is 436 g/mol. The van der Waals surface area contributed by atoms with E-state index >= 15 is 0 Å². The summed E-state index contributed by atoms with van der Waals surface area (Å²) in [5.41, 5.74) is 6.61. The summed E-state index contributed by atoms with van der Waals surface area (Å²) in [6.07, 6.45) is 6.43. The maximum Gasteiger partial charge on any atom is 0.145 e.